The molecule has 0 radical (unpaired) electrons. The van der Waals surface area contributed by atoms with Crippen LogP contribution in [0.5, 0.6) is 0 Å². The third-order valence-electron chi connectivity index (χ3n) is 5.63. The van der Waals surface area contributed by atoms with Gasteiger partial charge < -0.3 is 10.6 Å². The summed E-state index contributed by atoms with van der Waals surface area (Å²) in [6, 6.07) is 3.75. The number of hydrogen-bond donors (Lipinski definition) is 2. The van der Waals surface area contributed by atoms with Gasteiger partial charge in [0.15, 0.2) is 0 Å². The molecule has 160 valence electrons. The largest absolute Gasteiger partial charge is 0.348 e. The maximum Gasteiger partial charge on any atom is 0.309 e. The Bertz CT molecular complexity index is 870. The number of amides is 2. The van der Waals surface area contributed by atoms with Crippen LogP contribution in [0, 0.1) is 20.8 Å². The average Bonchev–Trinajstić information content (AvgIpc) is 3.44. The van der Waals surface area contributed by atoms with Crippen LogP contribution in [0.3, 0.4) is 0 Å². The first-order valence-corrected chi connectivity index (χ1v) is 11.8. The van der Waals surface area contributed by atoms with Crippen LogP contribution in [0.4, 0.5) is 0 Å². The van der Waals surface area contributed by atoms with Crippen molar-refractivity contribution in [3.8, 4) is 0 Å². The van der Waals surface area contributed by atoms with E-state index in [1.165, 1.54) is 0 Å². The average molecular weight is 422 g/mol. The summed E-state index contributed by atoms with van der Waals surface area (Å²) < 4.78 is 28.5. The third kappa shape index (κ3) is 5.17. The molecule has 1 aromatic rings. The summed E-state index contributed by atoms with van der Waals surface area (Å²) >= 11 is 0. The van der Waals surface area contributed by atoms with Crippen LogP contribution in [0.2, 0.25) is 0 Å². The molecule has 2 amide bonds. The second kappa shape index (κ2) is 8.83. The highest BCUT2D eigenvalue weighted by Gasteiger charge is 2.35. The van der Waals surface area contributed by atoms with Crippen LogP contribution in [0.1, 0.15) is 55.2 Å². The summed E-state index contributed by atoms with van der Waals surface area (Å²) in [5.74, 6) is -1.25. The van der Waals surface area contributed by atoms with E-state index >= 15 is 0 Å². The normalized spacial score (nSPS) is 20.3. The van der Waals surface area contributed by atoms with Gasteiger partial charge in [0, 0.05) is 25.2 Å². The number of carbonyl (C=O) groups excluding carboxylic acids is 2. The molecule has 7 nitrogen and oxygen atoms in total. The van der Waals surface area contributed by atoms with Crippen LogP contribution in [0.25, 0.3) is 0 Å². The second-order valence-corrected chi connectivity index (χ2v) is 10.1. The highest BCUT2D eigenvalue weighted by molar-refractivity contribution is 7.89. The Morgan fingerprint density at radius 3 is 2.31 bits per heavy atom. The van der Waals surface area contributed by atoms with Gasteiger partial charge in [-0.1, -0.05) is 24.1 Å². The van der Waals surface area contributed by atoms with Crippen molar-refractivity contribution >= 4 is 21.8 Å². The molecule has 0 unspecified atom stereocenters. The van der Waals surface area contributed by atoms with E-state index in [-0.39, 0.29) is 18.6 Å². The number of sulfonamides is 1. The first-order valence-electron chi connectivity index (χ1n) is 10.4. The number of nitrogens with one attached hydrogen (secondary N) is 2. The number of carbonyl (C=O) groups is 2. The minimum atomic E-state index is -3.62. The summed E-state index contributed by atoms with van der Waals surface area (Å²) in [7, 11) is -3.62. The quantitative estimate of drug-likeness (QED) is 0.686. The van der Waals surface area contributed by atoms with Crippen molar-refractivity contribution in [1.29, 1.82) is 0 Å². The SMILES string of the molecule is Cc1cc(C)c(S(=O)(=O)N2CCCC[C@H]2CCNC(=O)C(=O)NC2CC2)c(C)c1. The number of rotatable bonds is 6. The van der Waals surface area contributed by atoms with Crippen molar-refractivity contribution in [2.24, 2.45) is 0 Å². The van der Waals surface area contributed by atoms with Gasteiger partial charge in [-0.15, -0.1) is 0 Å². The lowest BCUT2D eigenvalue weighted by atomic mass is 10.0. The molecule has 0 spiro atoms. The van der Waals surface area contributed by atoms with E-state index in [1.54, 1.807) is 4.31 Å². The third-order valence-corrected chi connectivity index (χ3v) is 7.88. The molecular formula is C21H31N3O4S. The van der Waals surface area contributed by atoms with Crippen molar-refractivity contribution in [3.63, 3.8) is 0 Å². The Morgan fingerprint density at radius 1 is 1.03 bits per heavy atom. The molecule has 3 rings (SSSR count). The monoisotopic (exact) mass is 421 g/mol. The minimum Gasteiger partial charge on any atom is -0.348 e. The zero-order chi connectivity index (χ0) is 21.2. The molecule has 29 heavy (non-hydrogen) atoms. The second-order valence-electron chi connectivity index (χ2n) is 8.29. The minimum absolute atomic E-state index is 0.133. The van der Waals surface area contributed by atoms with Gasteiger partial charge in [-0.25, -0.2) is 8.42 Å². The molecule has 1 aliphatic carbocycles. The topological polar surface area (TPSA) is 95.6 Å². The van der Waals surface area contributed by atoms with Crippen LogP contribution in [0.15, 0.2) is 17.0 Å². The fraction of sp³-hybridized carbons (Fsp3) is 0.619. The van der Waals surface area contributed by atoms with E-state index < -0.39 is 21.8 Å². The molecule has 1 aliphatic heterocycles. The molecular weight excluding hydrogens is 390 g/mol. The maximum absolute atomic E-state index is 13.5. The molecule has 1 aromatic carbocycles. The van der Waals surface area contributed by atoms with E-state index in [0.717, 1.165) is 48.8 Å². The summed E-state index contributed by atoms with van der Waals surface area (Å²) in [5.41, 5.74) is 2.56. The maximum atomic E-state index is 13.5. The number of hydrogen-bond acceptors (Lipinski definition) is 4. The zero-order valence-electron chi connectivity index (χ0n) is 17.5. The predicted molar refractivity (Wildman–Crippen MR) is 111 cm³/mol. The first-order chi connectivity index (χ1) is 13.7. The van der Waals surface area contributed by atoms with Gasteiger partial charge >= 0.3 is 11.8 Å². The van der Waals surface area contributed by atoms with Crippen molar-refractivity contribution in [3.05, 3.63) is 28.8 Å². The Labute approximate surface area is 173 Å². The highest BCUT2D eigenvalue weighted by Crippen LogP contribution is 2.31. The van der Waals surface area contributed by atoms with Crippen LogP contribution in [-0.4, -0.2) is 49.7 Å². The molecule has 2 aliphatic rings. The van der Waals surface area contributed by atoms with Crippen LogP contribution >= 0.6 is 0 Å². The summed E-state index contributed by atoms with van der Waals surface area (Å²) in [5, 5.41) is 5.29. The van der Waals surface area contributed by atoms with E-state index in [4.69, 9.17) is 0 Å². The summed E-state index contributed by atoms with van der Waals surface area (Å²) in [6.45, 7) is 6.40. The predicted octanol–water partition coefficient (Wildman–Crippen LogP) is 1.94. The smallest absolute Gasteiger partial charge is 0.309 e. The number of piperidine rings is 1. The van der Waals surface area contributed by atoms with Gasteiger partial charge in [0.1, 0.15) is 0 Å². The highest BCUT2D eigenvalue weighted by atomic mass is 32.2. The molecule has 2 fully saturated rings. The van der Waals surface area contributed by atoms with Gasteiger partial charge in [-0.3, -0.25) is 9.59 Å². The molecule has 1 saturated carbocycles. The fourth-order valence-corrected chi connectivity index (χ4v) is 6.32. The van der Waals surface area contributed by atoms with E-state index in [9.17, 15) is 18.0 Å². The van der Waals surface area contributed by atoms with Crippen LogP contribution < -0.4 is 10.6 Å². The van der Waals surface area contributed by atoms with Crippen molar-refractivity contribution < 1.29 is 18.0 Å². The van der Waals surface area contributed by atoms with Gasteiger partial charge in [0.2, 0.25) is 10.0 Å². The number of benzene rings is 1. The van der Waals surface area contributed by atoms with Gasteiger partial charge in [0.05, 0.1) is 4.90 Å². The zero-order valence-corrected chi connectivity index (χ0v) is 18.3. The Hall–Kier alpha value is -1.93. The number of nitrogens with zero attached hydrogens (tertiary/aromatic N) is 1. The molecule has 1 atom stereocenters. The summed E-state index contributed by atoms with van der Waals surface area (Å²) in [4.78, 5) is 24.1. The van der Waals surface area contributed by atoms with Crippen molar-refractivity contribution in [2.75, 3.05) is 13.1 Å². The summed E-state index contributed by atoms with van der Waals surface area (Å²) in [6.07, 6.45) is 4.88. The lowest BCUT2D eigenvalue weighted by Gasteiger charge is -2.35. The van der Waals surface area contributed by atoms with Gasteiger partial charge in [0.25, 0.3) is 0 Å². The standard InChI is InChI=1S/C21H31N3O4S/c1-14-12-15(2)19(16(3)13-14)29(27,28)24-11-5-4-6-18(24)9-10-22-20(25)21(26)23-17-7-8-17/h12-13,17-18H,4-11H2,1-3H3,(H,22,25)(H,23,26)/t18-/m0/s1. The Kier molecular flexibility index (Phi) is 6.63. The van der Waals surface area contributed by atoms with Gasteiger partial charge in [-0.2, -0.15) is 4.31 Å². The first kappa shape index (κ1) is 21.8. The van der Waals surface area contributed by atoms with E-state index in [2.05, 4.69) is 10.6 Å². The van der Waals surface area contributed by atoms with Crippen molar-refractivity contribution in [2.45, 2.75) is 76.3 Å². The molecule has 1 saturated heterocycles. The molecule has 0 bridgehead atoms. The van der Waals surface area contributed by atoms with E-state index in [1.807, 2.05) is 32.9 Å². The Morgan fingerprint density at radius 2 is 1.69 bits per heavy atom. The lowest BCUT2D eigenvalue weighted by Crippen LogP contribution is -2.46. The molecule has 1 heterocycles. The molecule has 0 aromatic heterocycles. The van der Waals surface area contributed by atoms with Crippen molar-refractivity contribution in [1.82, 2.24) is 14.9 Å². The van der Waals surface area contributed by atoms with E-state index in [0.29, 0.717) is 17.9 Å². The number of aryl methyl sites for hydroxylation is 3. The van der Waals surface area contributed by atoms with Gasteiger partial charge in [-0.05, 0) is 64.0 Å². The van der Waals surface area contributed by atoms with Crippen LogP contribution in [-0.2, 0) is 19.6 Å². The molecule has 2 N–H and O–H groups in total. The molecule has 8 heteroatoms. The lowest BCUT2D eigenvalue weighted by molar-refractivity contribution is -0.139. The Balaban J connectivity index is 1.67. The fourth-order valence-electron chi connectivity index (χ4n) is 4.18.